The number of nitrogens with one attached hydrogen (secondary N) is 2. The Morgan fingerprint density at radius 2 is 1.85 bits per heavy atom. The van der Waals surface area contributed by atoms with Gasteiger partial charge in [0.25, 0.3) is 17.7 Å². The van der Waals surface area contributed by atoms with Gasteiger partial charge in [0.2, 0.25) is 0 Å². The average molecular weight is 564 g/mol. The van der Waals surface area contributed by atoms with Gasteiger partial charge in [-0.2, -0.15) is 13.2 Å². The van der Waals surface area contributed by atoms with E-state index in [1.54, 1.807) is 6.92 Å². The number of carbonyl (C=O) groups is 1. The van der Waals surface area contributed by atoms with Crippen LogP contribution in [0.25, 0.3) is 0 Å². The van der Waals surface area contributed by atoms with Gasteiger partial charge < -0.3 is 14.8 Å². The van der Waals surface area contributed by atoms with Crippen molar-refractivity contribution >= 4 is 21.3 Å². The SMILES string of the molecule is COc1nc(C2(C)CCC2)cc(C)c1Oc1nnc(C(F)(F)F)c(C)c1C(=O)Nc1cccc(S(C)(=N)=O)c1. The van der Waals surface area contributed by atoms with Crippen LogP contribution in [0.4, 0.5) is 18.9 Å². The maximum absolute atomic E-state index is 13.7. The first-order valence-corrected chi connectivity index (χ1v) is 13.9. The van der Waals surface area contributed by atoms with Crippen LogP contribution in [-0.4, -0.2) is 38.7 Å². The predicted molar refractivity (Wildman–Crippen MR) is 138 cm³/mol. The molecule has 13 heteroatoms. The van der Waals surface area contributed by atoms with Gasteiger partial charge >= 0.3 is 6.18 Å². The number of alkyl halides is 3. The number of halogens is 3. The number of aryl methyl sites for hydroxylation is 1. The highest BCUT2D eigenvalue weighted by Gasteiger charge is 2.39. The van der Waals surface area contributed by atoms with E-state index in [-0.39, 0.29) is 27.6 Å². The predicted octanol–water partition coefficient (Wildman–Crippen LogP) is 6.04. The Labute approximate surface area is 224 Å². The second-order valence-electron chi connectivity index (χ2n) is 9.86. The summed E-state index contributed by atoms with van der Waals surface area (Å²) in [7, 11) is -1.71. The molecular formula is C26H28F3N5O4S. The minimum Gasteiger partial charge on any atom is -0.478 e. The number of methoxy groups -OCH3 is 1. The van der Waals surface area contributed by atoms with E-state index >= 15 is 0 Å². The molecule has 2 aromatic heterocycles. The van der Waals surface area contributed by atoms with Crippen LogP contribution >= 0.6 is 0 Å². The number of nitrogens with zero attached hydrogens (tertiary/aromatic N) is 3. The lowest BCUT2D eigenvalue weighted by Crippen LogP contribution is -2.31. The second kappa shape index (κ2) is 10.1. The number of hydrogen-bond donors (Lipinski definition) is 2. The van der Waals surface area contributed by atoms with Crippen LogP contribution in [0, 0.1) is 18.6 Å². The summed E-state index contributed by atoms with van der Waals surface area (Å²) in [5, 5.41) is 9.42. The summed E-state index contributed by atoms with van der Waals surface area (Å²) in [5.74, 6) is -1.24. The van der Waals surface area contributed by atoms with Crippen LogP contribution in [0.1, 0.15) is 59.1 Å². The van der Waals surface area contributed by atoms with Crippen LogP contribution < -0.4 is 14.8 Å². The molecule has 2 heterocycles. The molecule has 3 aromatic rings. The molecule has 9 nitrogen and oxygen atoms in total. The van der Waals surface area contributed by atoms with Crippen molar-refractivity contribution in [2.75, 3.05) is 18.7 Å². The van der Waals surface area contributed by atoms with Crippen LogP contribution in [0.2, 0.25) is 0 Å². The highest BCUT2D eigenvalue weighted by molar-refractivity contribution is 7.91. The van der Waals surface area contributed by atoms with E-state index in [1.807, 2.05) is 6.07 Å². The zero-order chi connectivity index (χ0) is 28.8. The fourth-order valence-corrected chi connectivity index (χ4v) is 5.07. The van der Waals surface area contributed by atoms with E-state index in [4.69, 9.17) is 14.3 Å². The molecule has 1 atom stereocenters. The molecule has 1 saturated carbocycles. The number of anilines is 1. The Morgan fingerprint density at radius 3 is 2.41 bits per heavy atom. The lowest BCUT2D eigenvalue weighted by atomic mass is 9.68. The summed E-state index contributed by atoms with van der Waals surface area (Å²) < 4.78 is 72.3. The highest BCUT2D eigenvalue weighted by atomic mass is 32.2. The Balaban J connectivity index is 1.79. The van der Waals surface area contributed by atoms with E-state index in [1.165, 1.54) is 37.6 Å². The van der Waals surface area contributed by atoms with Gasteiger partial charge in [0.1, 0.15) is 5.56 Å². The number of rotatable bonds is 7. The van der Waals surface area contributed by atoms with Crippen molar-refractivity contribution in [1.82, 2.24) is 15.2 Å². The zero-order valence-corrected chi connectivity index (χ0v) is 22.8. The molecule has 1 unspecified atom stereocenters. The number of ether oxygens (including phenoxy) is 2. The van der Waals surface area contributed by atoms with Gasteiger partial charge in [-0.15, -0.1) is 10.2 Å². The van der Waals surface area contributed by atoms with Crippen molar-refractivity contribution in [3.8, 4) is 17.5 Å². The summed E-state index contributed by atoms with van der Waals surface area (Å²) >= 11 is 0. The molecule has 1 aliphatic carbocycles. The molecule has 0 bridgehead atoms. The number of benzene rings is 1. The minimum absolute atomic E-state index is 0.0913. The van der Waals surface area contributed by atoms with Gasteiger partial charge in [-0.25, -0.2) is 14.0 Å². The van der Waals surface area contributed by atoms with Gasteiger partial charge in [-0.1, -0.05) is 19.4 Å². The molecule has 0 saturated heterocycles. The molecule has 39 heavy (non-hydrogen) atoms. The van der Waals surface area contributed by atoms with Crippen LogP contribution in [-0.2, 0) is 21.3 Å². The summed E-state index contributed by atoms with van der Waals surface area (Å²) in [5.41, 5.74) is -0.912. The van der Waals surface area contributed by atoms with Crippen molar-refractivity contribution in [1.29, 1.82) is 4.78 Å². The topological polar surface area (TPSA) is 127 Å². The molecule has 0 spiro atoms. The molecule has 1 aliphatic rings. The molecule has 2 N–H and O–H groups in total. The van der Waals surface area contributed by atoms with E-state index < -0.39 is 44.5 Å². The van der Waals surface area contributed by atoms with E-state index in [2.05, 4.69) is 27.4 Å². The van der Waals surface area contributed by atoms with Gasteiger partial charge in [0.05, 0.1) is 22.5 Å². The standard InChI is InChI=1S/C26H28F3N5O4S/c1-14-12-18(25(3)10-7-11-25)32-24(37-4)20(14)38-23-19(15(2)21(33-34-23)26(27,28)29)22(35)31-16-8-6-9-17(13-16)39(5,30)36/h6,8-9,12-13,30H,7,10-11H2,1-5H3,(H,31,35). The lowest BCUT2D eigenvalue weighted by Gasteiger charge is -2.38. The number of hydrogen-bond acceptors (Lipinski definition) is 8. The molecule has 4 rings (SSSR count). The minimum atomic E-state index is -4.88. The van der Waals surface area contributed by atoms with Crippen molar-refractivity contribution in [2.24, 2.45) is 0 Å². The van der Waals surface area contributed by atoms with Crippen LogP contribution in [0.5, 0.6) is 17.5 Å². The summed E-state index contributed by atoms with van der Waals surface area (Å²) in [6.45, 7) is 4.93. The van der Waals surface area contributed by atoms with Gasteiger partial charge in [-0.05, 0) is 62.1 Å². The van der Waals surface area contributed by atoms with Crippen molar-refractivity contribution < 1.29 is 31.6 Å². The summed E-state index contributed by atoms with van der Waals surface area (Å²) in [4.78, 5) is 18.1. The summed E-state index contributed by atoms with van der Waals surface area (Å²) in [6.07, 6.45) is -0.654. The first-order chi connectivity index (χ1) is 18.1. The van der Waals surface area contributed by atoms with Crippen LogP contribution in [0.15, 0.2) is 35.2 Å². The van der Waals surface area contributed by atoms with Gasteiger partial charge in [-0.3, -0.25) is 4.79 Å². The van der Waals surface area contributed by atoms with Crippen molar-refractivity contribution in [3.63, 3.8) is 0 Å². The monoisotopic (exact) mass is 563 g/mol. The first-order valence-electron chi connectivity index (χ1n) is 12.0. The third-order valence-electron chi connectivity index (χ3n) is 6.82. The van der Waals surface area contributed by atoms with Crippen LogP contribution in [0.3, 0.4) is 0 Å². The number of carbonyl (C=O) groups excluding carboxylic acids is 1. The molecule has 1 amide bonds. The molecule has 0 aliphatic heterocycles. The Morgan fingerprint density at radius 1 is 1.15 bits per heavy atom. The molecular weight excluding hydrogens is 535 g/mol. The summed E-state index contributed by atoms with van der Waals surface area (Å²) in [6, 6.07) is 7.53. The Hall–Kier alpha value is -3.74. The van der Waals surface area contributed by atoms with E-state index in [9.17, 15) is 22.2 Å². The second-order valence-corrected chi connectivity index (χ2v) is 12.0. The quantitative estimate of drug-likeness (QED) is 0.359. The number of pyridine rings is 1. The van der Waals surface area contributed by atoms with Crippen molar-refractivity contribution in [3.05, 3.63) is 58.4 Å². The van der Waals surface area contributed by atoms with Crippen molar-refractivity contribution in [2.45, 2.75) is 56.5 Å². The smallest absolute Gasteiger partial charge is 0.435 e. The molecule has 1 aromatic carbocycles. The molecule has 208 valence electrons. The van der Waals surface area contributed by atoms with Gasteiger partial charge in [0.15, 0.2) is 11.4 Å². The van der Waals surface area contributed by atoms with E-state index in [0.29, 0.717) is 5.56 Å². The maximum Gasteiger partial charge on any atom is 0.435 e. The zero-order valence-electron chi connectivity index (χ0n) is 22.0. The normalized spacial score (nSPS) is 16.1. The maximum atomic E-state index is 13.7. The Bertz CT molecular complexity index is 1550. The Kier molecular flexibility index (Phi) is 7.32. The highest BCUT2D eigenvalue weighted by Crippen LogP contribution is 2.45. The fourth-order valence-electron chi connectivity index (χ4n) is 4.38. The molecule has 0 radical (unpaired) electrons. The fraction of sp³-hybridized carbons (Fsp3) is 0.385. The number of aromatic nitrogens is 3. The largest absolute Gasteiger partial charge is 0.478 e. The third-order valence-corrected chi connectivity index (χ3v) is 7.97. The number of amides is 1. The average Bonchev–Trinajstić information content (AvgIpc) is 2.82. The third kappa shape index (κ3) is 5.68. The lowest BCUT2D eigenvalue weighted by molar-refractivity contribution is -0.142. The first kappa shape index (κ1) is 28.3. The molecule has 1 fully saturated rings. The van der Waals surface area contributed by atoms with E-state index in [0.717, 1.165) is 31.9 Å². The van der Waals surface area contributed by atoms with Gasteiger partial charge in [0, 0.05) is 22.3 Å².